The quantitative estimate of drug-likeness (QED) is 0.420. The number of hydrogen-bond acceptors (Lipinski definition) is 10. The molecule has 29 heavy (non-hydrogen) atoms. The Morgan fingerprint density at radius 3 is 2.07 bits per heavy atom. The first-order valence-corrected chi connectivity index (χ1v) is 9.21. The van der Waals surface area contributed by atoms with Crippen molar-refractivity contribution in [1.82, 2.24) is 5.06 Å². The Balaban J connectivity index is 2.03. The molecule has 0 radical (unpaired) electrons. The number of ether oxygens (including phenoxy) is 4. The van der Waals surface area contributed by atoms with E-state index in [2.05, 4.69) is 0 Å². The van der Waals surface area contributed by atoms with Crippen molar-refractivity contribution in [1.29, 1.82) is 0 Å². The van der Waals surface area contributed by atoms with Crippen LogP contribution in [0.15, 0.2) is 0 Å². The summed E-state index contributed by atoms with van der Waals surface area (Å²) in [6, 6.07) is 0. The van der Waals surface area contributed by atoms with Gasteiger partial charge in [-0.2, -0.15) is 0 Å². The maximum Gasteiger partial charge on any atom is 0.365 e. The molecule has 11 nitrogen and oxygen atoms in total. The number of carbonyl (C=O) groups is 5. The molecule has 2 amide bonds. The molecule has 0 N–H and O–H groups in total. The molecule has 2 fully saturated rings. The van der Waals surface area contributed by atoms with Gasteiger partial charge in [0.05, 0.1) is 6.61 Å². The van der Waals surface area contributed by atoms with E-state index in [9.17, 15) is 24.0 Å². The predicted molar refractivity (Wildman–Crippen MR) is 92.4 cm³/mol. The lowest BCUT2D eigenvalue weighted by atomic mass is 10.2. The monoisotopic (exact) mass is 415 g/mol. The van der Waals surface area contributed by atoms with Gasteiger partial charge in [0.1, 0.15) is 0 Å². The number of esters is 2. The third-order valence-electron chi connectivity index (χ3n) is 3.93. The van der Waals surface area contributed by atoms with E-state index in [1.165, 1.54) is 20.8 Å². The fourth-order valence-corrected chi connectivity index (χ4v) is 2.56. The Morgan fingerprint density at radius 2 is 1.55 bits per heavy atom. The highest BCUT2D eigenvalue weighted by Gasteiger charge is 2.52. The van der Waals surface area contributed by atoms with Gasteiger partial charge in [-0.15, -0.1) is 5.06 Å². The highest BCUT2D eigenvalue weighted by Crippen LogP contribution is 2.30. The summed E-state index contributed by atoms with van der Waals surface area (Å²) in [7, 11) is 0. The first-order valence-electron chi connectivity index (χ1n) is 9.21. The van der Waals surface area contributed by atoms with Crippen molar-refractivity contribution in [2.24, 2.45) is 5.92 Å². The lowest BCUT2D eigenvalue weighted by Gasteiger charge is -2.19. The van der Waals surface area contributed by atoms with Gasteiger partial charge in [-0.05, 0) is 26.7 Å². The van der Waals surface area contributed by atoms with Gasteiger partial charge in [0, 0.05) is 12.8 Å². The summed E-state index contributed by atoms with van der Waals surface area (Å²) in [4.78, 5) is 64.8. The third kappa shape index (κ3) is 5.73. The fourth-order valence-electron chi connectivity index (χ4n) is 2.56. The molecule has 0 bridgehead atoms. The van der Waals surface area contributed by atoms with Gasteiger partial charge < -0.3 is 23.8 Å². The highest BCUT2D eigenvalue weighted by atomic mass is 16.8. The molecule has 0 aliphatic carbocycles. The van der Waals surface area contributed by atoms with Crippen molar-refractivity contribution in [3.63, 3.8) is 0 Å². The number of imide groups is 1. The van der Waals surface area contributed by atoms with E-state index < -0.39 is 53.8 Å². The predicted octanol–water partition coefficient (Wildman–Crippen LogP) is 0.245. The summed E-state index contributed by atoms with van der Waals surface area (Å²) in [5, 5.41) is 0.339. The lowest BCUT2D eigenvalue weighted by molar-refractivity contribution is -0.208. The molecule has 0 unspecified atom stereocenters. The number of hydrogen-bond donors (Lipinski definition) is 0. The topological polar surface area (TPSA) is 135 Å². The number of hydroxylamine groups is 2. The minimum Gasteiger partial charge on any atom is -0.463 e. The van der Waals surface area contributed by atoms with Crippen LogP contribution < -0.4 is 0 Å². The fraction of sp³-hybridized carbons (Fsp3) is 0.722. The van der Waals surface area contributed by atoms with E-state index in [0.717, 1.165) is 0 Å². The Hall–Kier alpha value is -2.53. The number of amides is 2. The van der Waals surface area contributed by atoms with E-state index in [-0.39, 0.29) is 25.4 Å². The molecule has 2 aliphatic heterocycles. The zero-order chi connectivity index (χ0) is 21.9. The Kier molecular flexibility index (Phi) is 6.96. The van der Waals surface area contributed by atoms with Crippen LogP contribution in [0.2, 0.25) is 0 Å². The second kappa shape index (κ2) is 8.87. The Bertz CT molecular complexity index is 685. The van der Waals surface area contributed by atoms with Crippen molar-refractivity contribution in [3.05, 3.63) is 0 Å². The van der Waals surface area contributed by atoms with Gasteiger partial charge in [0.25, 0.3) is 11.8 Å². The van der Waals surface area contributed by atoms with Crippen LogP contribution in [0.5, 0.6) is 0 Å². The zero-order valence-corrected chi connectivity index (χ0v) is 17.0. The molecule has 0 aromatic heterocycles. The van der Waals surface area contributed by atoms with Crippen LogP contribution in [-0.2, 0) is 47.8 Å². The maximum atomic E-state index is 12.5. The summed E-state index contributed by atoms with van der Waals surface area (Å²) >= 11 is 0. The van der Waals surface area contributed by atoms with E-state index in [4.69, 9.17) is 23.8 Å². The van der Waals surface area contributed by atoms with Crippen LogP contribution in [0.3, 0.4) is 0 Å². The maximum absolute atomic E-state index is 12.5. The molecule has 0 saturated carbocycles. The van der Waals surface area contributed by atoms with Crippen molar-refractivity contribution in [3.8, 4) is 0 Å². The first kappa shape index (κ1) is 22.8. The second-order valence-electron chi connectivity index (χ2n) is 7.57. The summed E-state index contributed by atoms with van der Waals surface area (Å²) in [5.41, 5.74) is 0. The molecule has 162 valence electrons. The van der Waals surface area contributed by atoms with E-state index in [1.54, 1.807) is 0 Å². The average molecular weight is 415 g/mol. The normalized spacial score (nSPS) is 24.6. The minimum absolute atomic E-state index is 0.0822. The van der Waals surface area contributed by atoms with Gasteiger partial charge in [-0.3, -0.25) is 9.59 Å². The highest BCUT2D eigenvalue weighted by molar-refractivity contribution is 6.02. The van der Waals surface area contributed by atoms with Gasteiger partial charge in [0.15, 0.2) is 24.1 Å². The lowest BCUT2D eigenvalue weighted by Crippen LogP contribution is -2.44. The summed E-state index contributed by atoms with van der Waals surface area (Å²) < 4.78 is 20.8. The van der Waals surface area contributed by atoms with Crippen molar-refractivity contribution in [2.75, 3.05) is 6.61 Å². The molecule has 2 aliphatic rings. The van der Waals surface area contributed by atoms with Gasteiger partial charge in [0.2, 0.25) is 0 Å². The van der Waals surface area contributed by atoms with Crippen LogP contribution in [0.25, 0.3) is 0 Å². The standard InChI is InChI=1S/C18H25NO10/c1-9(2)8-25-15(22)10(3)26-16(23)13-14(28-18(4,5)27-13)17(24)29-19-11(20)6-7-12(19)21/h9-10,13-14H,6-8H2,1-5H3/t10-,13+,14+/m0/s1. The van der Waals surface area contributed by atoms with Crippen molar-refractivity contribution in [2.45, 2.75) is 71.6 Å². The third-order valence-corrected chi connectivity index (χ3v) is 3.93. The molecule has 0 aromatic carbocycles. The van der Waals surface area contributed by atoms with E-state index >= 15 is 0 Å². The molecule has 2 saturated heterocycles. The molecule has 11 heteroatoms. The number of rotatable bonds is 7. The summed E-state index contributed by atoms with van der Waals surface area (Å²) in [5.74, 6) is -5.58. The summed E-state index contributed by atoms with van der Waals surface area (Å²) in [6.07, 6.45) is -4.57. The summed E-state index contributed by atoms with van der Waals surface area (Å²) in [6.45, 7) is 8.07. The Labute approximate surface area is 167 Å². The van der Waals surface area contributed by atoms with E-state index in [0.29, 0.717) is 5.06 Å². The van der Waals surface area contributed by atoms with Crippen molar-refractivity contribution < 1.29 is 47.8 Å². The van der Waals surface area contributed by atoms with Crippen molar-refractivity contribution >= 4 is 29.7 Å². The van der Waals surface area contributed by atoms with Crippen LogP contribution in [0, 0.1) is 5.92 Å². The van der Waals surface area contributed by atoms with Crippen LogP contribution >= 0.6 is 0 Å². The Morgan fingerprint density at radius 1 is 1.03 bits per heavy atom. The largest absolute Gasteiger partial charge is 0.463 e. The smallest absolute Gasteiger partial charge is 0.365 e. The number of nitrogens with zero attached hydrogens (tertiary/aromatic N) is 1. The van der Waals surface area contributed by atoms with Crippen LogP contribution in [-0.4, -0.2) is 65.5 Å². The molecule has 2 heterocycles. The molecule has 3 atom stereocenters. The molecule has 0 aromatic rings. The second-order valence-corrected chi connectivity index (χ2v) is 7.57. The van der Waals surface area contributed by atoms with Gasteiger partial charge >= 0.3 is 17.9 Å². The zero-order valence-electron chi connectivity index (χ0n) is 17.0. The SMILES string of the molecule is CC(C)COC(=O)[C@H](C)OC(=O)[C@@H]1OC(C)(C)O[C@H]1C(=O)ON1C(=O)CCC1=O. The van der Waals surface area contributed by atoms with Gasteiger partial charge in [-0.25, -0.2) is 14.4 Å². The molecule has 2 rings (SSSR count). The van der Waals surface area contributed by atoms with Crippen LogP contribution in [0.1, 0.15) is 47.5 Å². The average Bonchev–Trinajstić information content (AvgIpc) is 3.12. The minimum atomic E-state index is -1.60. The molecular formula is C18H25NO10. The number of carbonyl (C=O) groups excluding carboxylic acids is 5. The van der Waals surface area contributed by atoms with E-state index in [1.807, 2.05) is 13.8 Å². The van der Waals surface area contributed by atoms with Gasteiger partial charge in [-0.1, -0.05) is 13.8 Å². The molecular weight excluding hydrogens is 390 g/mol. The molecule has 0 spiro atoms. The first-order chi connectivity index (χ1) is 13.4. The van der Waals surface area contributed by atoms with Crippen LogP contribution in [0.4, 0.5) is 0 Å².